The van der Waals surface area contributed by atoms with Crippen LogP contribution >= 0.6 is 0 Å². The maximum absolute atomic E-state index is 13.4. The Kier molecular flexibility index (Phi) is 10.7. The summed E-state index contributed by atoms with van der Waals surface area (Å²) < 4.78 is 18.7. The van der Waals surface area contributed by atoms with Gasteiger partial charge in [0.2, 0.25) is 11.8 Å². The van der Waals surface area contributed by atoms with E-state index in [4.69, 9.17) is 4.74 Å². The van der Waals surface area contributed by atoms with E-state index in [1.165, 1.54) is 12.1 Å². The second-order valence-electron chi connectivity index (χ2n) is 7.45. The molecule has 2 amide bonds. The van der Waals surface area contributed by atoms with Gasteiger partial charge in [0.05, 0.1) is 0 Å². The summed E-state index contributed by atoms with van der Waals surface area (Å²) in [6.07, 6.45) is 2.16. The van der Waals surface area contributed by atoms with Crippen LogP contribution < -0.4 is 5.32 Å². The first-order valence-electron chi connectivity index (χ1n) is 11.0. The Morgan fingerprint density at radius 2 is 1.74 bits per heavy atom. The summed E-state index contributed by atoms with van der Waals surface area (Å²) in [7, 11) is 0. The lowest BCUT2D eigenvalue weighted by atomic mass is 10.0. The van der Waals surface area contributed by atoms with E-state index in [0.717, 1.165) is 11.1 Å². The van der Waals surface area contributed by atoms with Gasteiger partial charge in [-0.05, 0) is 43.0 Å². The fourth-order valence-corrected chi connectivity index (χ4v) is 3.35. The number of carbonyl (C=O) groups excluding carboxylic acids is 2. The first-order valence-corrected chi connectivity index (χ1v) is 11.0. The van der Waals surface area contributed by atoms with Crippen molar-refractivity contribution >= 4 is 11.8 Å². The van der Waals surface area contributed by atoms with Crippen LogP contribution in [0, 0.1) is 5.82 Å². The second kappa shape index (κ2) is 13.5. The molecule has 2 aromatic rings. The van der Waals surface area contributed by atoms with Gasteiger partial charge in [0, 0.05) is 39.1 Å². The first-order chi connectivity index (χ1) is 15.0. The van der Waals surface area contributed by atoms with Crippen LogP contribution in [0.4, 0.5) is 4.39 Å². The third-order valence-corrected chi connectivity index (χ3v) is 4.97. The lowest BCUT2D eigenvalue weighted by Gasteiger charge is -2.31. The number of hydrogen-bond acceptors (Lipinski definition) is 3. The average molecular weight is 429 g/mol. The number of nitrogens with one attached hydrogen (secondary N) is 1. The van der Waals surface area contributed by atoms with Crippen molar-refractivity contribution in [3.8, 4) is 0 Å². The van der Waals surface area contributed by atoms with E-state index in [9.17, 15) is 14.0 Å². The predicted octanol–water partition coefficient (Wildman–Crippen LogP) is 4.11. The van der Waals surface area contributed by atoms with Crippen molar-refractivity contribution in [2.45, 2.75) is 52.1 Å². The van der Waals surface area contributed by atoms with Crippen molar-refractivity contribution < 1.29 is 18.7 Å². The van der Waals surface area contributed by atoms with Crippen molar-refractivity contribution in [1.82, 2.24) is 10.2 Å². The number of rotatable bonds is 13. The second-order valence-corrected chi connectivity index (χ2v) is 7.45. The molecule has 5 nitrogen and oxygen atoms in total. The molecule has 0 fully saturated rings. The highest BCUT2D eigenvalue weighted by molar-refractivity contribution is 5.88. The molecule has 1 atom stereocenters. The zero-order chi connectivity index (χ0) is 22.5. The Hall–Kier alpha value is -2.73. The number of benzene rings is 2. The van der Waals surface area contributed by atoms with Crippen LogP contribution in [0.3, 0.4) is 0 Å². The first kappa shape index (κ1) is 24.5. The SMILES string of the molecule is CCCC(=O)N(Cc1ccc(F)cc1)[C@H](Cc1ccccc1)C(=O)NCCCOCC. The molecule has 0 radical (unpaired) electrons. The van der Waals surface area contributed by atoms with E-state index in [1.807, 2.05) is 44.2 Å². The van der Waals surface area contributed by atoms with Gasteiger partial charge in [0.25, 0.3) is 0 Å². The van der Waals surface area contributed by atoms with Gasteiger partial charge in [-0.3, -0.25) is 9.59 Å². The smallest absolute Gasteiger partial charge is 0.243 e. The fraction of sp³-hybridized carbons (Fsp3) is 0.440. The molecule has 168 valence electrons. The molecule has 31 heavy (non-hydrogen) atoms. The van der Waals surface area contributed by atoms with Crippen LogP contribution in [0.2, 0.25) is 0 Å². The topological polar surface area (TPSA) is 58.6 Å². The Morgan fingerprint density at radius 1 is 1.03 bits per heavy atom. The lowest BCUT2D eigenvalue weighted by molar-refractivity contribution is -0.141. The van der Waals surface area contributed by atoms with Crippen LogP contribution in [0.15, 0.2) is 54.6 Å². The molecule has 0 spiro atoms. The largest absolute Gasteiger partial charge is 0.382 e. The maximum atomic E-state index is 13.4. The van der Waals surface area contributed by atoms with E-state index in [-0.39, 0.29) is 24.2 Å². The molecule has 2 aromatic carbocycles. The Morgan fingerprint density at radius 3 is 2.39 bits per heavy atom. The molecule has 0 aliphatic carbocycles. The van der Waals surface area contributed by atoms with E-state index >= 15 is 0 Å². The van der Waals surface area contributed by atoms with E-state index < -0.39 is 6.04 Å². The monoisotopic (exact) mass is 428 g/mol. The van der Waals surface area contributed by atoms with Crippen molar-refractivity contribution in [2.24, 2.45) is 0 Å². The molecule has 2 rings (SSSR count). The van der Waals surface area contributed by atoms with Gasteiger partial charge < -0.3 is 15.0 Å². The Labute approximate surface area is 184 Å². The highest BCUT2D eigenvalue weighted by Crippen LogP contribution is 2.16. The zero-order valence-electron chi connectivity index (χ0n) is 18.5. The third kappa shape index (κ3) is 8.50. The number of carbonyl (C=O) groups is 2. The average Bonchev–Trinajstić information content (AvgIpc) is 2.78. The minimum atomic E-state index is -0.654. The van der Waals surface area contributed by atoms with Crippen LogP contribution in [0.25, 0.3) is 0 Å². The standard InChI is InChI=1S/C25H33FN2O3/c1-3-9-24(29)28(19-21-12-14-22(26)15-13-21)23(18-20-10-6-5-7-11-20)25(30)27-16-8-17-31-4-2/h5-7,10-15,23H,3-4,8-9,16-19H2,1-2H3,(H,27,30)/t23-/m1/s1. The van der Waals surface area contributed by atoms with Crippen LogP contribution in [0.5, 0.6) is 0 Å². The van der Waals surface area contributed by atoms with E-state index in [0.29, 0.717) is 45.4 Å². The van der Waals surface area contributed by atoms with Crippen LogP contribution in [0.1, 0.15) is 44.2 Å². The predicted molar refractivity (Wildman–Crippen MR) is 120 cm³/mol. The van der Waals surface area contributed by atoms with E-state index in [2.05, 4.69) is 5.32 Å². The number of amides is 2. The third-order valence-electron chi connectivity index (χ3n) is 4.97. The number of ether oxygens (including phenoxy) is 1. The van der Waals surface area contributed by atoms with Gasteiger partial charge in [-0.1, -0.05) is 49.4 Å². The lowest BCUT2D eigenvalue weighted by Crippen LogP contribution is -2.50. The highest BCUT2D eigenvalue weighted by Gasteiger charge is 2.29. The number of nitrogens with zero attached hydrogens (tertiary/aromatic N) is 1. The molecular weight excluding hydrogens is 395 g/mol. The Balaban J connectivity index is 2.23. The summed E-state index contributed by atoms with van der Waals surface area (Å²) in [5.74, 6) is -0.604. The van der Waals surface area contributed by atoms with Crippen molar-refractivity contribution in [2.75, 3.05) is 19.8 Å². The van der Waals surface area contributed by atoms with Gasteiger partial charge >= 0.3 is 0 Å². The summed E-state index contributed by atoms with van der Waals surface area (Å²) >= 11 is 0. The maximum Gasteiger partial charge on any atom is 0.243 e. The number of halogens is 1. The summed E-state index contributed by atoms with van der Waals surface area (Å²) in [5, 5.41) is 2.96. The zero-order valence-corrected chi connectivity index (χ0v) is 18.5. The summed E-state index contributed by atoms with van der Waals surface area (Å²) in [4.78, 5) is 27.8. The van der Waals surface area contributed by atoms with Crippen LogP contribution in [-0.2, 0) is 27.3 Å². The highest BCUT2D eigenvalue weighted by atomic mass is 19.1. The van der Waals surface area contributed by atoms with Gasteiger partial charge in [-0.2, -0.15) is 0 Å². The van der Waals surface area contributed by atoms with Crippen molar-refractivity contribution in [3.05, 3.63) is 71.5 Å². The molecule has 0 saturated heterocycles. The van der Waals surface area contributed by atoms with Crippen molar-refractivity contribution in [1.29, 1.82) is 0 Å². The molecule has 0 heterocycles. The minimum Gasteiger partial charge on any atom is -0.382 e. The molecule has 0 aliphatic heterocycles. The van der Waals surface area contributed by atoms with Gasteiger partial charge in [-0.15, -0.1) is 0 Å². The van der Waals surface area contributed by atoms with Crippen LogP contribution in [-0.4, -0.2) is 42.5 Å². The molecular formula is C25H33FN2O3. The normalized spacial score (nSPS) is 11.7. The molecule has 0 aromatic heterocycles. The fourth-order valence-electron chi connectivity index (χ4n) is 3.35. The molecule has 6 heteroatoms. The number of hydrogen-bond donors (Lipinski definition) is 1. The van der Waals surface area contributed by atoms with Crippen molar-refractivity contribution in [3.63, 3.8) is 0 Å². The minimum absolute atomic E-state index is 0.0859. The van der Waals surface area contributed by atoms with Gasteiger partial charge in [-0.25, -0.2) is 4.39 Å². The summed E-state index contributed by atoms with van der Waals surface area (Å²) in [6, 6.07) is 15.1. The molecule has 0 aliphatic rings. The summed E-state index contributed by atoms with van der Waals surface area (Å²) in [5.41, 5.74) is 1.76. The molecule has 0 unspecified atom stereocenters. The summed E-state index contributed by atoms with van der Waals surface area (Å²) in [6.45, 7) is 5.82. The quantitative estimate of drug-likeness (QED) is 0.489. The molecule has 0 saturated carbocycles. The van der Waals surface area contributed by atoms with E-state index in [1.54, 1.807) is 17.0 Å². The molecule has 1 N–H and O–H groups in total. The Bertz CT molecular complexity index is 796. The molecule has 0 bridgehead atoms. The van der Waals surface area contributed by atoms with Gasteiger partial charge in [0.15, 0.2) is 0 Å². The van der Waals surface area contributed by atoms with Gasteiger partial charge in [0.1, 0.15) is 11.9 Å².